The van der Waals surface area contributed by atoms with Gasteiger partial charge < -0.3 is 10.5 Å². The van der Waals surface area contributed by atoms with Crippen LogP contribution in [-0.2, 0) is 6.54 Å². The van der Waals surface area contributed by atoms with E-state index in [-0.39, 0.29) is 0 Å². The van der Waals surface area contributed by atoms with Gasteiger partial charge in [0.25, 0.3) is 0 Å². The van der Waals surface area contributed by atoms with Crippen LogP contribution >= 0.6 is 0 Å². The third kappa shape index (κ3) is 3.88. The number of benzene rings is 1. The normalized spacial score (nSPS) is 16.2. The summed E-state index contributed by atoms with van der Waals surface area (Å²) in [4.78, 5) is 7.00. The summed E-state index contributed by atoms with van der Waals surface area (Å²) in [5.41, 5.74) is 10.5. The average Bonchev–Trinajstić information content (AvgIpc) is 2.59. The van der Waals surface area contributed by atoms with Crippen LogP contribution in [0.25, 0.3) is 0 Å². The molecule has 4 nitrogen and oxygen atoms in total. The van der Waals surface area contributed by atoms with Gasteiger partial charge in [0.05, 0.1) is 18.0 Å². The molecule has 0 bridgehead atoms. The monoisotopic (exact) mass is 325 g/mol. The predicted molar refractivity (Wildman–Crippen MR) is 98.2 cm³/mol. The molecule has 4 heteroatoms. The SMILES string of the molecule is CCOc1cc(CN2CCC(c3ncccc3N)CC2)ccc1C. The predicted octanol–water partition coefficient (Wildman–Crippen LogP) is 3.75. The third-order valence-corrected chi connectivity index (χ3v) is 4.80. The topological polar surface area (TPSA) is 51.4 Å². The number of nitrogens with zero attached hydrogens (tertiary/aromatic N) is 2. The average molecular weight is 325 g/mol. The molecule has 1 saturated heterocycles. The Bertz CT molecular complexity index is 678. The maximum Gasteiger partial charge on any atom is 0.122 e. The van der Waals surface area contributed by atoms with Crippen molar-refractivity contribution in [2.75, 3.05) is 25.4 Å². The fourth-order valence-electron chi connectivity index (χ4n) is 3.45. The second-order valence-electron chi connectivity index (χ2n) is 6.56. The van der Waals surface area contributed by atoms with E-state index < -0.39 is 0 Å². The van der Waals surface area contributed by atoms with Crippen molar-refractivity contribution < 1.29 is 4.74 Å². The minimum absolute atomic E-state index is 0.486. The number of ether oxygens (including phenoxy) is 1. The van der Waals surface area contributed by atoms with Gasteiger partial charge in [-0.15, -0.1) is 0 Å². The number of likely N-dealkylation sites (tertiary alicyclic amines) is 1. The molecular weight excluding hydrogens is 298 g/mol. The number of hydrogen-bond donors (Lipinski definition) is 1. The van der Waals surface area contributed by atoms with Crippen LogP contribution in [0.1, 0.15) is 42.5 Å². The molecule has 1 aromatic carbocycles. The summed E-state index contributed by atoms with van der Waals surface area (Å²) in [5, 5.41) is 0. The zero-order valence-corrected chi connectivity index (χ0v) is 14.7. The number of piperidine rings is 1. The molecule has 1 fully saturated rings. The van der Waals surface area contributed by atoms with Gasteiger partial charge in [-0.25, -0.2) is 0 Å². The van der Waals surface area contributed by atoms with E-state index in [0.29, 0.717) is 12.5 Å². The molecule has 2 heterocycles. The van der Waals surface area contributed by atoms with Gasteiger partial charge in [0.1, 0.15) is 5.75 Å². The summed E-state index contributed by atoms with van der Waals surface area (Å²) >= 11 is 0. The number of rotatable bonds is 5. The fraction of sp³-hybridized carbons (Fsp3) is 0.450. The van der Waals surface area contributed by atoms with Gasteiger partial charge in [-0.1, -0.05) is 12.1 Å². The van der Waals surface area contributed by atoms with Crippen LogP contribution in [0.4, 0.5) is 5.69 Å². The standard InChI is InChI=1S/C20H27N3O/c1-3-24-19-13-16(7-6-15(19)2)14-23-11-8-17(9-12-23)20-18(21)5-4-10-22-20/h4-7,10,13,17H,3,8-9,11-12,14,21H2,1-2H3. The van der Waals surface area contributed by atoms with Crippen LogP contribution in [0.5, 0.6) is 5.75 Å². The Kier molecular flexibility index (Phi) is 5.36. The molecule has 1 aliphatic heterocycles. The molecule has 0 atom stereocenters. The van der Waals surface area contributed by atoms with E-state index in [2.05, 4.69) is 35.0 Å². The molecule has 0 radical (unpaired) electrons. The van der Waals surface area contributed by atoms with Crippen molar-refractivity contribution in [3.63, 3.8) is 0 Å². The zero-order valence-electron chi connectivity index (χ0n) is 14.7. The van der Waals surface area contributed by atoms with E-state index in [1.54, 1.807) is 0 Å². The molecule has 0 unspecified atom stereocenters. The van der Waals surface area contributed by atoms with Crippen LogP contribution in [0.2, 0.25) is 0 Å². The number of anilines is 1. The second-order valence-corrected chi connectivity index (χ2v) is 6.56. The molecule has 1 aromatic heterocycles. The highest BCUT2D eigenvalue weighted by Gasteiger charge is 2.23. The first-order valence-corrected chi connectivity index (χ1v) is 8.82. The number of nitrogens with two attached hydrogens (primary N) is 1. The van der Waals surface area contributed by atoms with E-state index in [9.17, 15) is 0 Å². The Hall–Kier alpha value is -2.07. The second kappa shape index (κ2) is 7.67. The molecule has 1 aliphatic rings. The van der Waals surface area contributed by atoms with Crippen molar-refractivity contribution in [3.8, 4) is 5.75 Å². The maximum absolute atomic E-state index is 6.08. The van der Waals surface area contributed by atoms with Crippen molar-refractivity contribution >= 4 is 5.69 Å². The van der Waals surface area contributed by atoms with Crippen LogP contribution < -0.4 is 10.5 Å². The Morgan fingerprint density at radius 3 is 2.75 bits per heavy atom. The number of hydrogen-bond acceptors (Lipinski definition) is 4. The van der Waals surface area contributed by atoms with Gasteiger partial charge in [-0.3, -0.25) is 9.88 Å². The van der Waals surface area contributed by atoms with Gasteiger partial charge in [0.2, 0.25) is 0 Å². The maximum atomic E-state index is 6.08. The summed E-state index contributed by atoms with van der Waals surface area (Å²) in [6, 6.07) is 10.4. The Morgan fingerprint density at radius 2 is 2.04 bits per heavy atom. The smallest absolute Gasteiger partial charge is 0.122 e. The van der Waals surface area contributed by atoms with E-state index in [1.807, 2.05) is 25.3 Å². The third-order valence-electron chi connectivity index (χ3n) is 4.80. The fourth-order valence-corrected chi connectivity index (χ4v) is 3.45. The highest BCUT2D eigenvalue weighted by atomic mass is 16.5. The van der Waals surface area contributed by atoms with Crippen LogP contribution in [-0.4, -0.2) is 29.6 Å². The van der Waals surface area contributed by atoms with E-state index in [0.717, 1.165) is 49.6 Å². The largest absolute Gasteiger partial charge is 0.494 e. The van der Waals surface area contributed by atoms with E-state index in [1.165, 1.54) is 11.1 Å². The molecule has 0 amide bonds. The minimum atomic E-state index is 0.486. The van der Waals surface area contributed by atoms with Crippen LogP contribution in [0.3, 0.4) is 0 Å². The van der Waals surface area contributed by atoms with Gasteiger partial charge >= 0.3 is 0 Å². The molecule has 24 heavy (non-hydrogen) atoms. The summed E-state index contributed by atoms with van der Waals surface area (Å²) in [7, 11) is 0. The first kappa shape index (κ1) is 16.8. The van der Waals surface area contributed by atoms with Gasteiger partial charge in [-0.05, 0) is 69.1 Å². The summed E-state index contributed by atoms with van der Waals surface area (Å²) < 4.78 is 5.71. The molecule has 2 aromatic rings. The zero-order chi connectivity index (χ0) is 16.9. The van der Waals surface area contributed by atoms with Crippen molar-refractivity contribution in [2.24, 2.45) is 0 Å². The molecule has 3 rings (SSSR count). The minimum Gasteiger partial charge on any atom is -0.494 e. The van der Waals surface area contributed by atoms with Gasteiger partial charge in [-0.2, -0.15) is 0 Å². The molecule has 0 spiro atoms. The summed E-state index contributed by atoms with van der Waals surface area (Å²) in [6.45, 7) is 7.97. The Labute approximate surface area is 144 Å². The Morgan fingerprint density at radius 1 is 1.25 bits per heavy atom. The number of aromatic nitrogens is 1. The van der Waals surface area contributed by atoms with Crippen molar-refractivity contribution in [1.82, 2.24) is 9.88 Å². The summed E-state index contributed by atoms with van der Waals surface area (Å²) in [6.07, 6.45) is 4.08. The van der Waals surface area contributed by atoms with E-state index >= 15 is 0 Å². The Balaban J connectivity index is 1.59. The van der Waals surface area contributed by atoms with Crippen LogP contribution in [0.15, 0.2) is 36.5 Å². The lowest BCUT2D eigenvalue weighted by Gasteiger charge is -2.32. The lowest BCUT2D eigenvalue weighted by Crippen LogP contribution is -2.32. The first-order chi connectivity index (χ1) is 11.7. The molecule has 0 aliphatic carbocycles. The lowest BCUT2D eigenvalue weighted by atomic mass is 9.92. The van der Waals surface area contributed by atoms with Gasteiger partial charge in [0.15, 0.2) is 0 Å². The number of nitrogen functional groups attached to an aromatic ring is 1. The molecule has 128 valence electrons. The van der Waals surface area contributed by atoms with Crippen molar-refractivity contribution in [1.29, 1.82) is 0 Å². The van der Waals surface area contributed by atoms with Gasteiger partial charge in [0, 0.05) is 18.7 Å². The van der Waals surface area contributed by atoms with Crippen molar-refractivity contribution in [3.05, 3.63) is 53.3 Å². The summed E-state index contributed by atoms with van der Waals surface area (Å²) in [5.74, 6) is 1.49. The number of aryl methyl sites for hydroxylation is 1. The highest BCUT2D eigenvalue weighted by Crippen LogP contribution is 2.30. The van der Waals surface area contributed by atoms with E-state index in [4.69, 9.17) is 10.5 Å². The number of pyridine rings is 1. The highest BCUT2D eigenvalue weighted by molar-refractivity contribution is 5.44. The lowest BCUT2D eigenvalue weighted by molar-refractivity contribution is 0.203. The molecule has 0 saturated carbocycles. The van der Waals surface area contributed by atoms with Crippen LogP contribution in [0, 0.1) is 6.92 Å². The molecular formula is C20H27N3O. The quantitative estimate of drug-likeness (QED) is 0.909. The first-order valence-electron chi connectivity index (χ1n) is 8.82. The van der Waals surface area contributed by atoms with Crippen molar-refractivity contribution in [2.45, 2.75) is 39.2 Å². The molecule has 2 N–H and O–H groups in total.